The number of pyridine rings is 1. The van der Waals surface area contributed by atoms with Crippen LogP contribution in [-0.2, 0) is 11.3 Å². The molecule has 4 rings (SSSR count). The number of thiophene rings is 2. The molecule has 4 heterocycles. The van der Waals surface area contributed by atoms with Crippen LogP contribution in [0.5, 0.6) is 0 Å². The maximum absolute atomic E-state index is 12.7. The molecule has 1 fully saturated rings. The van der Waals surface area contributed by atoms with E-state index in [9.17, 15) is 4.79 Å². The summed E-state index contributed by atoms with van der Waals surface area (Å²) in [6.07, 6.45) is 3.61. The van der Waals surface area contributed by atoms with E-state index in [4.69, 9.17) is 4.74 Å². The van der Waals surface area contributed by atoms with Crippen LogP contribution >= 0.6 is 22.7 Å². The second-order valence-electron chi connectivity index (χ2n) is 5.93. The summed E-state index contributed by atoms with van der Waals surface area (Å²) in [6.45, 7) is 3.66. The van der Waals surface area contributed by atoms with Crippen molar-refractivity contribution in [2.45, 2.75) is 6.54 Å². The fraction of sp³-hybridized carbons (Fsp3) is 0.263. The Morgan fingerprint density at radius 1 is 1.27 bits per heavy atom. The van der Waals surface area contributed by atoms with Gasteiger partial charge in [0.05, 0.1) is 29.6 Å². The average Bonchev–Trinajstić information content (AvgIpc) is 3.37. The summed E-state index contributed by atoms with van der Waals surface area (Å²) in [7, 11) is 0. The van der Waals surface area contributed by atoms with E-state index in [0.29, 0.717) is 19.8 Å². The van der Waals surface area contributed by atoms with Gasteiger partial charge in [0.1, 0.15) is 0 Å². The molecule has 0 unspecified atom stereocenters. The lowest BCUT2D eigenvalue weighted by Crippen LogP contribution is -2.35. The Morgan fingerprint density at radius 2 is 2.15 bits per heavy atom. The van der Waals surface area contributed by atoms with Gasteiger partial charge in [-0.3, -0.25) is 9.78 Å². The summed E-state index contributed by atoms with van der Waals surface area (Å²) in [6, 6.07) is 9.96. The van der Waals surface area contributed by atoms with Crippen molar-refractivity contribution in [3.63, 3.8) is 0 Å². The minimum atomic E-state index is -0.0342. The normalized spacial score (nSPS) is 14.4. The number of nitrogens with one attached hydrogen (secondary N) is 1. The third-order valence-corrected chi connectivity index (χ3v) is 6.28. The molecule has 0 atom stereocenters. The molecule has 0 aliphatic carbocycles. The third kappa shape index (κ3) is 3.80. The Balaban J connectivity index is 1.60. The van der Waals surface area contributed by atoms with Crippen molar-refractivity contribution >= 4 is 33.6 Å². The number of morpholine rings is 1. The van der Waals surface area contributed by atoms with Crippen LogP contribution in [0.25, 0.3) is 11.1 Å². The lowest BCUT2D eigenvalue weighted by Gasteiger charge is -2.28. The monoisotopic (exact) mass is 385 g/mol. The number of carbonyl (C=O) groups excluding carboxylic acids is 1. The molecule has 0 aromatic carbocycles. The second kappa shape index (κ2) is 7.99. The number of rotatable bonds is 5. The molecule has 0 spiro atoms. The molecular formula is C19H19N3O2S2. The van der Waals surface area contributed by atoms with Gasteiger partial charge in [0.2, 0.25) is 0 Å². The van der Waals surface area contributed by atoms with E-state index in [2.05, 4.69) is 15.2 Å². The average molecular weight is 386 g/mol. The molecule has 1 N–H and O–H groups in total. The van der Waals surface area contributed by atoms with Crippen molar-refractivity contribution in [1.82, 2.24) is 10.3 Å². The van der Waals surface area contributed by atoms with Crippen molar-refractivity contribution in [3.8, 4) is 11.1 Å². The van der Waals surface area contributed by atoms with Gasteiger partial charge < -0.3 is 15.0 Å². The van der Waals surface area contributed by atoms with Gasteiger partial charge in [-0.15, -0.1) is 22.7 Å². The highest BCUT2D eigenvalue weighted by Gasteiger charge is 2.22. The number of carbonyl (C=O) groups is 1. The summed E-state index contributed by atoms with van der Waals surface area (Å²) in [5, 5.41) is 6.15. The number of hydrogen-bond donors (Lipinski definition) is 1. The summed E-state index contributed by atoms with van der Waals surface area (Å²) in [5.41, 5.74) is 2.09. The van der Waals surface area contributed by atoms with Gasteiger partial charge in [-0.05, 0) is 23.6 Å². The quantitative estimate of drug-likeness (QED) is 0.729. The highest BCUT2D eigenvalue weighted by Crippen LogP contribution is 2.39. The van der Waals surface area contributed by atoms with Crippen LogP contribution in [0.4, 0.5) is 5.00 Å². The Morgan fingerprint density at radius 3 is 2.88 bits per heavy atom. The number of anilines is 1. The van der Waals surface area contributed by atoms with Crippen molar-refractivity contribution in [3.05, 3.63) is 57.9 Å². The first-order valence-electron chi connectivity index (χ1n) is 8.49. The first-order valence-corrected chi connectivity index (χ1v) is 10.2. The first kappa shape index (κ1) is 17.2. The fourth-order valence-corrected chi connectivity index (χ4v) is 4.68. The molecule has 3 aromatic heterocycles. The van der Waals surface area contributed by atoms with E-state index >= 15 is 0 Å². The fourth-order valence-electron chi connectivity index (χ4n) is 2.89. The first-order chi connectivity index (χ1) is 12.8. The van der Waals surface area contributed by atoms with Crippen LogP contribution in [0.15, 0.2) is 48.1 Å². The molecule has 1 aliphatic heterocycles. The highest BCUT2D eigenvalue weighted by atomic mass is 32.1. The van der Waals surface area contributed by atoms with Gasteiger partial charge in [0.15, 0.2) is 0 Å². The van der Waals surface area contributed by atoms with Gasteiger partial charge in [0.25, 0.3) is 5.91 Å². The van der Waals surface area contributed by atoms with E-state index in [-0.39, 0.29) is 5.91 Å². The van der Waals surface area contributed by atoms with Crippen molar-refractivity contribution in [2.24, 2.45) is 0 Å². The number of nitrogens with zero attached hydrogens (tertiary/aromatic N) is 2. The molecule has 134 valence electrons. The van der Waals surface area contributed by atoms with E-state index in [1.165, 1.54) is 0 Å². The molecule has 3 aromatic rings. The molecule has 1 aliphatic rings. The standard InChI is InChI=1S/C19H19N3O2S2/c23-18(21-13-15-4-2-10-25-15)17-11-16(14-3-1-5-20-12-14)19(26-17)22-6-8-24-9-7-22/h1-5,10-12H,6-9,13H2,(H,21,23). The third-order valence-electron chi connectivity index (χ3n) is 4.21. The molecule has 0 bridgehead atoms. The van der Waals surface area contributed by atoms with Crippen LogP contribution in [0.2, 0.25) is 0 Å². The molecule has 1 amide bonds. The number of hydrogen-bond acceptors (Lipinski definition) is 6. The van der Waals surface area contributed by atoms with Gasteiger partial charge in [-0.1, -0.05) is 12.1 Å². The SMILES string of the molecule is O=C(NCc1cccs1)c1cc(-c2cccnc2)c(N2CCOCC2)s1. The molecule has 5 nitrogen and oxygen atoms in total. The zero-order valence-electron chi connectivity index (χ0n) is 14.2. The zero-order valence-corrected chi connectivity index (χ0v) is 15.8. The Labute approximate surface area is 160 Å². The minimum absolute atomic E-state index is 0.0342. The smallest absolute Gasteiger partial charge is 0.261 e. The lowest BCUT2D eigenvalue weighted by molar-refractivity contribution is 0.0955. The molecular weight excluding hydrogens is 366 g/mol. The number of aromatic nitrogens is 1. The molecule has 26 heavy (non-hydrogen) atoms. The van der Waals surface area contributed by atoms with Crippen molar-refractivity contribution < 1.29 is 9.53 Å². The van der Waals surface area contributed by atoms with Crippen molar-refractivity contribution in [1.29, 1.82) is 0 Å². The number of amides is 1. The predicted molar refractivity (Wildman–Crippen MR) is 106 cm³/mol. The summed E-state index contributed by atoms with van der Waals surface area (Å²) in [5.74, 6) is -0.0342. The van der Waals surface area contributed by atoms with E-state index in [1.54, 1.807) is 28.9 Å². The maximum Gasteiger partial charge on any atom is 0.261 e. The van der Waals surface area contributed by atoms with E-state index in [0.717, 1.165) is 39.0 Å². The van der Waals surface area contributed by atoms with Gasteiger partial charge >= 0.3 is 0 Å². The Kier molecular flexibility index (Phi) is 5.29. The summed E-state index contributed by atoms with van der Waals surface area (Å²) < 4.78 is 5.47. The molecule has 1 saturated heterocycles. The summed E-state index contributed by atoms with van der Waals surface area (Å²) in [4.78, 5) is 21.1. The predicted octanol–water partition coefficient (Wildman–Crippen LogP) is 3.64. The number of ether oxygens (including phenoxy) is 1. The van der Waals surface area contributed by atoms with E-state index in [1.807, 2.05) is 41.9 Å². The Hall–Kier alpha value is -2.22. The van der Waals surface area contributed by atoms with Gasteiger partial charge in [-0.2, -0.15) is 0 Å². The van der Waals surface area contributed by atoms with Gasteiger partial charge in [0, 0.05) is 41.5 Å². The molecule has 0 radical (unpaired) electrons. The lowest BCUT2D eigenvalue weighted by atomic mass is 10.1. The summed E-state index contributed by atoms with van der Waals surface area (Å²) >= 11 is 3.19. The second-order valence-corrected chi connectivity index (χ2v) is 8.00. The van der Waals surface area contributed by atoms with Crippen LogP contribution in [-0.4, -0.2) is 37.2 Å². The zero-order chi connectivity index (χ0) is 17.8. The van der Waals surface area contributed by atoms with Crippen LogP contribution in [0.3, 0.4) is 0 Å². The topological polar surface area (TPSA) is 54.5 Å². The maximum atomic E-state index is 12.7. The van der Waals surface area contributed by atoms with Crippen molar-refractivity contribution in [2.75, 3.05) is 31.2 Å². The van der Waals surface area contributed by atoms with Crippen LogP contribution in [0, 0.1) is 0 Å². The van der Waals surface area contributed by atoms with Gasteiger partial charge in [-0.25, -0.2) is 0 Å². The molecule has 7 heteroatoms. The minimum Gasteiger partial charge on any atom is -0.378 e. The Bertz CT molecular complexity index is 856. The highest BCUT2D eigenvalue weighted by molar-refractivity contribution is 7.18. The van der Waals surface area contributed by atoms with Crippen LogP contribution < -0.4 is 10.2 Å². The van der Waals surface area contributed by atoms with E-state index < -0.39 is 0 Å². The largest absolute Gasteiger partial charge is 0.378 e. The van der Waals surface area contributed by atoms with Crippen LogP contribution in [0.1, 0.15) is 14.5 Å². The molecule has 0 saturated carbocycles.